The third-order valence-corrected chi connectivity index (χ3v) is 5.14. The lowest BCUT2D eigenvalue weighted by Crippen LogP contribution is -2.29. The Hall–Kier alpha value is -2.39. The van der Waals surface area contributed by atoms with E-state index in [9.17, 15) is 4.79 Å². The first kappa shape index (κ1) is 15.5. The Bertz CT molecular complexity index is 763. The fourth-order valence-electron chi connectivity index (χ4n) is 2.54. The fraction of sp³-hybridized carbons (Fsp3) is 0.150. The summed E-state index contributed by atoms with van der Waals surface area (Å²) in [6, 6.07) is 22.2. The van der Waals surface area contributed by atoms with E-state index < -0.39 is 0 Å². The van der Waals surface area contributed by atoms with Crippen LogP contribution in [0.25, 0.3) is 11.1 Å². The Labute approximate surface area is 141 Å². The van der Waals surface area contributed by atoms with Crippen LogP contribution in [-0.4, -0.2) is 17.9 Å². The van der Waals surface area contributed by atoms with Gasteiger partial charge in [-0.05, 0) is 41.6 Å². The fourth-order valence-corrected chi connectivity index (χ4v) is 3.36. The summed E-state index contributed by atoms with van der Waals surface area (Å²) in [6.07, 6.45) is 0. The van der Waals surface area contributed by atoms with Gasteiger partial charge in [0.1, 0.15) is 0 Å². The van der Waals surface area contributed by atoms with Gasteiger partial charge in [0, 0.05) is 17.5 Å². The molecule has 0 N–H and O–H groups in total. The van der Waals surface area contributed by atoms with Crippen LogP contribution in [0.5, 0.6) is 0 Å². The third kappa shape index (κ3) is 3.35. The Balaban J connectivity index is 1.78. The van der Waals surface area contributed by atoms with E-state index in [-0.39, 0.29) is 11.9 Å². The third-order valence-electron chi connectivity index (χ3n) is 4.10. The summed E-state index contributed by atoms with van der Waals surface area (Å²) in [6.45, 7) is 2.06. The molecular weight excluding hydrogens is 302 g/mol. The molecule has 23 heavy (non-hydrogen) atoms. The van der Waals surface area contributed by atoms with Gasteiger partial charge in [-0.3, -0.25) is 4.79 Å². The zero-order chi connectivity index (χ0) is 16.2. The van der Waals surface area contributed by atoms with Gasteiger partial charge in [0.15, 0.2) is 0 Å². The highest BCUT2D eigenvalue weighted by atomic mass is 32.1. The topological polar surface area (TPSA) is 20.3 Å². The van der Waals surface area contributed by atoms with E-state index in [1.807, 2.05) is 61.0 Å². The highest BCUT2D eigenvalue weighted by molar-refractivity contribution is 7.10. The molecule has 3 aromatic rings. The number of hydrogen-bond acceptors (Lipinski definition) is 2. The molecule has 0 saturated carbocycles. The van der Waals surface area contributed by atoms with Gasteiger partial charge in [-0.2, -0.15) is 0 Å². The predicted octanol–water partition coefficient (Wildman–Crippen LogP) is 5.25. The molecular formula is C20H19NOS. The molecule has 2 aromatic carbocycles. The molecule has 0 spiro atoms. The van der Waals surface area contributed by atoms with Gasteiger partial charge in [0.05, 0.1) is 6.04 Å². The van der Waals surface area contributed by atoms with E-state index in [2.05, 4.69) is 25.1 Å². The predicted molar refractivity (Wildman–Crippen MR) is 96.7 cm³/mol. The van der Waals surface area contributed by atoms with Crippen LogP contribution in [0.3, 0.4) is 0 Å². The van der Waals surface area contributed by atoms with E-state index in [4.69, 9.17) is 0 Å². The second-order valence-electron chi connectivity index (χ2n) is 5.55. The first-order valence-electron chi connectivity index (χ1n) is 7.63. The Morgan fingerprint density at radius 2 is 1.57 bits per heavy atom. The Morgan fingerprint density at radius 1 is 0.913 bits per heavy atom. The molecule has 1 aromatic heterocycles. The number of nitrogens with zero attached hydrogens (tertiary/aromatic N) is 1. The zero-order valence-electron chi connectivity index (χ0n) is 13.3. The summed E-state index contributed by atoms with van der Waals surface area (Å²) in [5.74, 6) is 0.0468. The molecule has 0 radical (unpaired) electrons. The average molecular weight is 321 g/mol. The molecule has 0 fully saturated rings. The summed E-state index contributed by atoms with van der Waals surface area (Å²) >= 11 is 1.68. The van der Waals surface area contributed by atoms with Crippen molar-refractivity contribution in [2.24, 2.45) is 0 Å². The van der Waals surface area contributed by atoms with E-state index >= 15 is 0 Å². The van der Waals surface area contributed by atoms with Crippen molar-refractivity contribution in [3.8, 4) is 11.1 Å². The second-order valence-corrected chi connectivity index (χ2v) is 6.53. The maximum absolute atomic E-state index is 12.7. The van der Waals surface area contributed by atoms with Crippen LogP contribution in [0, 0.1) is 0 Å². The Morgan fingerprint density at radius 3 is 2.17 bits per heavy atom. The molecule has 0 aliphatic carbocycles. The van der Waals surface area contributed by atoms with Gasteiger partial charge >= 0.3 is 0 Å². The van der Waals surface area contributed by atoms with Gasteiger partial charge in [-0.15, -0.1) is 11.3 Å². The minimum atomic E-state index is 0.0468. The normalized spacial score (nSPS) is 11.9. The van der Waals surface area contributed by atoms with E-state index in [0.717, 1.165) is 16.7 Å². The molecule has 0 aliphatic heterocycles. The average Bonchev–Trinajstić information content (AvgIpc) is 3.15. The number of rotatable bonds is 4. The molecule has 1 atom stereocenters. The van der Waals surface area contributed by atoms with Crippen molar-refractivity contribution in [1.29, 1.82) is 0 Å². The van der Waals surface area contributed by atoms with E-state index in [0.29, 0.717) is 0 Å². The molecule has 0 saturated heterocycles. The summed E-state index contributed by atoms with van der Waals surface area (Å²) in [5.41, 5.74) is 3.00. The van der Waals surface area contributed by atoms with Crippen LogP contribution >= 0.6 is 11.3 Å². The largest absolute Gasteiger partial charge is 0.334 e. The summed E-state index contributed by atoms with van der Waals surface area (Å²) in [4.78, 5) is 15.7. The molecule has 3 heteroatoms. The standard InChI is InChI=1S/C20H19NOS/c1-15(19-9-6-14-23-19)21(2)20(22)18-12-10-17(11-13-18)16-7-4-3-5-8-16/h3-15H,1-2H3/t15-/m0/s1. The molecule has 2 nitrogen and oxygen atoms in total. The van der Waals surface area contributed by atoms with Crippen molar-refractivity contribution in [2.75, 3.05) is 7.05 Å². The molecule has 116 valence electrons. The van der Waals surface area contributed by atoms with Crippen molar-refractivity contribution in [3.63, 3.8) is 0 Å². The molecule has 0 bridgehead atoms. The quantitative estimate of drug-likeness (QED) is 0.643. The number of amides is 1. The number of hydrogen-bond donors (Lipinski definition) is 0. The number of carbonyl (C=O) groups is 1. The van der Waals surface area contributed by atoms with Crippen LogP contribution in [-0.2, 0) is 0 Å². The maximum atomic E-state index is 12.7. The van der Waals surface area contributed by atoms with Gasteiger partial charge in [-0.25, -0.2) is 0 Å². The highest BCUT2D eigenvalue weighted by Crippen LogP contribution is 2.25. The minimum Gasteiger partial charge on any atom is -0.334 e. The molecule has 3 rings (SSSR count). The van der Waals surface area contributed by atoms with Gasteiger partial charge < -0.3 is 4.90 Å². The number of carbonyl (C=O) groups excluding carboxylic acids is 1. The van der Waals surface area contributed by atoms with E-state index in [1.165, 1.54) is 4.88 Å². The number of benzene rings is 2. The Kier molecular flexibility index (Phi) is 4.58. The van der Waals surface area contributed by atoms with Crippen LogP contribution in [0.15, 0.2) is 72.1 Å². The van der Waals surface area contributed by atoms with Crippen molar-refractivity contribution in [3.05, 3.63) is 82.6 Å². The minimum absolute atomic E-state index is 0.0468. The first-order chi connectivity index (χ1) is 11.2. The van der Waals surface area contributed by atoms with Crippen LogP contribution in [0.1, 0.15) is 28.2 Å². The highest BCUT2D eigenvalue weighted by Gasteiger charge is 2.19. The summed E-state index contributed by atoms with van der Waals surface area (Å²) in [5, 5.41) is 2.04. The molecule has 0 aliphatic rings. The molecule has 1 amide bonds. The second kappa shape index (κ2) is 6.80. The zero-order valence-corrected chi connectivity index (χ0v) is 14.1. The lowest BCUT2D eigenvalue weighted by atomic mass is 10.0. The maximum Gasteiger partial charge on any atom is 0.254 e. The van der Waals surface area contributed by atoms with Crippen molar-refractivity contribution < 1.29 is 4.79 Å². The van der Waals surface area contributed by atoms with Gasteiger partial charge in [0.2, 0.25) is 0 Å². The smallest absolute Gasteiger partial charge is 0.254 e. The van der Waals surface area contributed by atoms with Crippen molar-refractivity contribution in [1.82, 2.24) is 4.90 Å². The van der Waals surface area contributed by atoms with Crippen molar-refractivity contribution >= 4 is 17.2 Å². The van der Waals surface area contributed by atoms with Gasteiger partial charge in [-0.1, -0.05) is 48.5 Å². The van der Waals surface area contributed by atoms with Crippen molar-refractivity contribution in [2.45, 2.75) is 13.0 Å². The number of thiophene rings is 1. The summed E-state index contributed by atoms with van der Waals surface area (Å²) < 4.78 is 0. The monoisotopic (exact) mass is 321 g/mol. The summed E-state index contributed by atoms with van der Waals surface area (Å²) in [7, 11) is 1.86. The molecule has 1 heterocycles. The van der Waals surface area contributed by atoms with E-state index in [1.54, 1.807) is 16.2 Å². The SMILES string of the molecule is C[C@@H](c1cccs1)N(C)C(=O)c1ccc(-c2ccccc2)cc1. The van der Waals surface area contributed by atoms with Crippen LogP contribution in [0.2, 0.25) is 0 Å². The lowest BCUT2D eigenvalue weighted by molar-refractivity contribution is 0.0745. The molecule has 0 unspecified atom stereocenters. The van der Waals surface area contributed by atoms with Gasteiger partial charge in [0.25, 0.3) is 5.91 Å². The van der Waals surface area contributed by atoms with Crippen LogP contribution in [0.4, 0.5) is 0 Å². The first-order valence-corrected chi connectivity index (χ1v) is 8.51. The lowest BCUT2D eigenvalue weighted by Gasteiger charge is -2.24. The van der Waals surface area contributed by atoms with Crippen LogP contribution < -0.4 is 0 Å².